The lowest BCUT2D eigenvalue weighted by molar-refractivity contribution is -0.129. The summed E-state index contributed by atoms with van der Waals surface area (Å²) in [5.41, 5.74) is 5.13. The Labute approximate surface area is 181 Å². The number of esters is 1. The number of aryl methyl sites for hydroxylation is 2. The number of nitrogens with zero attached hydrogens (tertiary/aromatic N) is 1. The van der Waals surface area contributed by atoms with Gasteiger partial charge in [-0.25, -0.2) is 9.79 Å². The maximum atomic E-state index is 12.3. The van der Waals surface area contributed by atoms with E-state index in [0.29, 0.717) is 24.0 Å². The monoisotopic (exact) mass is 413 g/mol. The Morgan fingerprint density at radius 1 is 0.968 bits per heavy atom. The molecule has 1 aliphatic heterocycles. The molecule has 0 saturated heterocycles. The third-order valence-electron chi connectivity index (χ3n) is 5.02. The molecule has 0 radical (unpaired) electrons. The van der Waals surface area contributed by atoms with Crippen LogP contribution in [0.5, 0.6) is 11.5 Å². The van der Waals surface area contributed by atoms with Gasteiger partial charge in [0.1, 0.15) is 6.61 Å². The lowest BCUT2D eigenvalue weighted by Gasteiger charge is -2.12. The summed E-state index contributed by atoms with van der Waals surface area (Å²) in [6.07, 6.45) is 1.68. The lowest BCUT2D eigenvalue weighted by atomic mass is 10.1. The molecule has 0 N–H and O–H groups in total. The topological polar surface area (TPSA) is 57.1 Å². The van der Waals surface area contributed by atoms with Crippen molar-refractivity contribution in [2.75, 3.05) is 7.11 Å². The number of rotatable bonds is 6. The van der Waals surface area contributed by atoms with E-state index in [2.05, 4.69) is 18.0 Å². The second-order valence-electron chi connectivity index (χ2n) is 7.33. The van der Waals surface area contributed by atoms with Crippen LogP contribution >= 0.6 is 0 Å². The summed E-state index contributed by atoms with van der Waals surface area (Å²) in [4.78, 5) is 16.7. The number of hydrogen-bond donors (Lipinski definition) is 0. The molecule has 0 amide bonds. The predicted molar refractivity (Wildman–Crippen MR) is 120 cm³/mol. The van der Waals surface area contributed by atoms with E-state index in [4.69, 9.17) is 14.2 Å². The van der Waals surface area contributed by atoms with E-state index in [1.165, 1.54) is 5.56 Å². The van der Waals surface area contributed by atoms with E-state index in [9.17, 15) is 4.79 Å². The minimum atomic E-state index is -0.477. The van der Waals surface area contributed by atoms with Crippen molar-refractivity contribution < 1.29 is 19.0 Å². The number of methoxy groups -OCH3 is 1. The Morgan fingerprint density at radius 3 is 2.58 bits per heavy atom. The molecule has 1 aliphatic rings. The van der Waals surface area contributed by atoms with Crippen LogP contribution in [0.2, 0.25) is 0 Å². The molecule has 0 atom stereocenters. The molecular formula is C26H23NO4. The Bertz CT molecular complexity index is 1190. The molecule has 5 heteroatoms. The van der Waals surface area contributed by atoms with Crippen molar-refractivity contribution in [1.82, 2.24) is 0 Å². The fraction of sp³-hybridized carbons (Fsp3) is 0.154. The van der Waals surface area contributed by atoms with Crippen LogP contribution in [0.1, 0.15) is 27.8 Å². The summed E-state index contributed by atoms with van der Waals surface area (Å²) < 4.78 is 16.8. The molecule has 0 aliphatic carbocycles. The smallest absolute Gasteiger partial charge is 0.363 e. The number of ether oxygens (including phenoxy) is 3. The Balaban J connectivity index is 1.55. The zero-order valence-electron chi connectivity index (χ0n) is 17.7. The van der Waals surface area contributed by atoms with Gasteiger partial charge in [-0.2, -0.15) is 0 Å². The molecule has 31 heavy (non-hydrogen) atoms. The normalized spacial score (nSPS) is 14.4. The second-order valence-corrected chi connectivity index (χ2v) is 7.33. The third kappa shape index (κ3) is 4.67. The van der Waals surface area contributed by atoms with E-state index < -0.39 is 5.97 Å². The second kappa shape index (κ2) is 8.88. The van der Waals surface area contributed by atoms with E-state index >= 15 is 0 Å². The van der Waals surface area contributed by atoms with Crippen LogP contribution in [-0.2, 0) is 16.1 Å². The molecule has 0 fully saturated rings. The minimum absolute atomic E-state index is 0.243. The lowest BCUT2D eigenvalue weighted by Crippen LogP contribution is -2.05. The summed E-state index contributed by atoms with van der Waals surface area (Å²) in [5.74, 6) is 1.04. The molecule has 3 aromatic carbocycles. The quantitative estimate of drug-likeness (QED) is 0.410. The average Bonchev–Trinajstić information content (AvgIpc) is 3.14. The molecular weight excluding hydrogens is 390 g/mol. The van der Waals surface area contributed by atoms with Crippen molar-refractivity contribution in [3.63, 3.8) is 0 Å². The summed E-state index contributed by atoms with van der Waals surface area (Å²) in [6, 6.07) is 21.3. The van der Waals surface area contributed by atoms with E-state index in [1.807, 2.05) is 67.6 Å². The van der Waals surface area contributed by atoms with Gasteiger partial charge in [0.05, 0.1) is 7.11 Å². The largest absolute Gasteiger partial charge is 0.493 e. The molecule has 0 spiro atoms. The van der Waals surface area contributed by atoms with Crippen molar-refractivity contribution in [2.24, 2.45) is 4.99 Å². The van der Waals surface area contributed by atoms with E-state index in [-0.39, 0.29) is 5.70 Å². The number of cyclic esters (lactones) is 1. The van der Waals surface area contributed by atoms with Crippen molar-refractivity contribution in [1.29, 1.82) is 0 Å². The molecule has 0 aromatic heterocycles. The van der Waals surface area contributed by atoms with Crippen LogP contribution in [-0.4, -0.2) is 19.0 Å². The zero-order valence-corrected chi connectivity index (χ0v) is 17.7. The highest BCUT2D eigenvalue weighted by molar-refractivity contribution is 6.12. The minimum Gasteiger partial charge on any atom is -0.493 e. The van der Waals surface area contributed by atoms with E-state index in [0.717, 1.165) is 22.3 Å². The fourth-order valence-electron chi connectivity index (χ4n) is 3.29. The molecule has 0 bridgehead atoms. The van der Waals surface area contributed by atoms with Crippen LogP contribution in [0.15, 0.2) is 77.4 Å². The van der Waals surface area contributed by atoms with Gasteiger partial charge < -0.3 is 14.2 Å². The van der Waals surface area contributed by atoms with Gasteiger partial charge in [-0.3, -0.25) is 0 Å². The maximum Gasteiger partial charge on any atom is 0.363 e. The van der Waals surface area contributed by atoms with Crippen LogP contribution < -0.4 is 9.47 Å². The highest BCUT2D eigenvalue weighted by Gasteiger charge is 2.24. The van der Waals surface area contributed by atoms with Crippen molar-refractivity contribution in [3.05, 3.63) is 100 Å². The van der Waals surface area contributed by atoms with Gasteiger partial charge in [0.25, 0.3) is 0 Å². The molecule has 5 nitrogen and oxygen atoms in total. The standard InChI is InChI=1S/C26H23NO4/c1-17-7-6-10-20(13-17)25-27-22(26(28)31-25)14-19-11-12-23(24(15-19)29-3)30-16-21-9-5-4-8-18(21)2/h4-15H,16H2,1-3H3. The molecule has 3 aromatic rings. The number of carbonyl (C=O) groups is 1. The van der Waals surface area contributed by atoms with E-state index in [1.54, 1.807) is 13.2 Å². The Hall–Kier alpha value is -3.86. The third-order valence-corrected chi connectivity index (χ3v) is 5.02. The number of benzene rings is 3. The Kier molecular flexibility index (Phi) is 5.85. The highest BCUT2D eigenvalue weighted by atomic mass is 16.6. The highest BCUT2D eigenvalue weighted by Crippen LogP contribution is 2.30. The van der Waals surface area contributed by atoms with Crippen molar-refractivity contribution in [2.45, 2.75) is 20.5 Å². The molecule has 0 saturated carbocycles. The van der Waals surface area contributed by atoms with Crippen molar-refractivity contribution in [3.8, 4) is 11.5 Å². The van der Waals surface area contributed by atoms with Gasteiger partial charge in [-0.15, -0.1) is 0 Å². The van der Waals surface area contributed by atoms with Crippen LogP contribution in [0, 0.1) is 13.8 Å². The number of carbonyl (C=O) groups excluding carboxylic acids is 1. The first-order valence-corrected chi connectivity index (χ1v) is 9.98. The first-order chi connectivity index (χ1) is 15.0. The van der Waals surface area contributed by atoms with Gasteiger partial charge in [0.2, 0.25) is 5.90 Å². The first kappa shape index (κ1) is 20.4. The summed E-state index contributed by atoms with van der Waals surface area (Å²) in [5, 5.41) is 0. The SMILES string of the molecule is COc1cc(C=C2N=C(c3cccc(C)c3)OC2=O)ccc1OCc1ccccc1C. The molecule has 4 rings (SSSR count). The van der Waals surface area contributed by atoms with Gasteiger partial charge in [-0.1, -0.05) is 48.0 Å². The average molecular weight is 413 g/mol. The summed E-state index contributed by atoms with van der Waals surface area (Å²) in [7, 11) is 1.59. The van der Waals surface area contributed by atoms with Gasteiger partial charge in [-0.05, 0) is 60.9 Å². The van der Waals surface area contributed by atoms with Gasteiger partial charge in [0.15, 0.2) is 17.2 Å². The fourth-order valence-corrected chi connectivity index (χ4v) is 3.29. The van der Waals surface area contributed by atoms with Gasteiger partial charge in [0, 0.05) is 5.56 Å². The van der Waals surface area contributed by atoms with Crippen LogP contribution in [0.3, 0.4) is 0 Å². The summed E-state index contributed by atoms with van der Waals surface area (Å²) in [6.45, 7) is 4.48. The van der Waals surface area contributed by atoms with Gasteiger partial charge >= 0.3 is 5.97 Å². The molecule has 0 unspecified atom stereocenters. The number of aliphatic imine (C=N–C) groups is 1. The summed E-state index contributed by atoms with van der Waals surface area (Å²) >= 11 is 0. The van der Waals surface area contributed by atoms with Crippen LogP contribution in [0.4, 0.5) is 0 Å². The van der Waals surface area contributed by atoms with Crippen molar-refractivity contribution >= 4 is 17.9 Å². The maximum absolute atomic E-state index is 12.3. The molecule has 156 valence electrons. The first-order valence-electron chi connectivity index (χ1n) is 9.98. The van der Waals surface area contributed by atoms with Crippen LogP contribution in [0.25, 0.3) is 6.08 Å². The Morgan fingerprint density at radius 2 is 1.81 bits per heavy atom. The number of hydrogen-bond acceptors (Lipinski definition) is 5. The zero-order chi connectivity index (χ0) is 21.8. The molecule has 1 heterocycles. The predicted octanol–water partition coefficient (Wildman–Crippen LogP) is 5.24.